The van der Waals surface area contributed by atoms with Crippen molar-refractivity contribution in [1.82, 2.24) is 19.7 Å². The molecule has 2 amide bonds. The first-order chi connectivity index (χ1) is 15.7. The molecule has 2 aromatic rings. The van der Waals surface area contributed by atoms with E-state index in [1.54, 1.807) is 19.4 Å². The van der Waals surface area contributed by atoms with Gasteiger partial charge in [0.2, 0.25) is 5.91 Å². The molecule has 0 aliphatic carbocycles. The van der Waals surface area contributed by atoms with Crippen LogP contribution in [-0.2, 0) is 4.79 Å². The number of piperazine rings is 1. The molecule has 7 heteroatoms. The highest BCUT2D eigenvalue weighted by molar-refractivity contribution is 5.92. The summed E-state index contributed by atoms with van der Waals surface area (Å²) in [5.74, 6) is 0.972. The maximum Gasteiger partial charge on any atom is 0.272 e. The number of hydrogen-bond acceptors (Lipinski definition) is 5. The van der Waals surface area contributed by atoms with E-state index in [0.717, 1.165) is 38.0 Å². The van der Waals surface area contributed by atoms with Crippen molar-refractivity contribution < 1.29 is 14.3 Å². The van der Waals surface area contributed by atoms with E-state index in [1.807, 2.05) is 29.2 Å². The van der Waals surface area contributed by atoms with Crippen LogP contribution in [0.4, 0.5) is 0 Å². The summed E-state index contributed by atoms with van der Waals surface area (Å²) in [4.78, 5) is 36.2. The second-order valence-corrected chi connectivity index (χ2v) is 8.51. The number of likely N-dealkylation sites (tertiary alicyclic amines) is 1. The Morgan fingerprint density at radius 1 is 0.969 bits per heavy atom. The Bertz CT molecular complexity index is 895. The molecule has 3 heterocycles. The van der Waals surface area contributed by atoms with Crippen molar-refractivity contribution in [3.63, 3.8) is 0 Å². The minimum Gasteiger partial charge on any atom is -0.497 e. The SMILES string of the molecule is COc1ccc(C2CCCCCN2C(=O)CN2CCN(C(=O)c3ccccn3)CC2)cc1. The van der Waals surface area contributed by atoms with Crippen molar-refractivity contribution in [2.75, 3.05) is 46.4 Å². The fraction of sp³-hybridized carbons (Fsp3) is 0.480. The van der Waals surface area contributed by atoms with Crippen molar-refractivity contribution in [3.05, 3.63) is 59.9 Å². The third kappa shape index (κ3) is 5.27. The topological polar surface area (TPSA) is 66.0 Å². The van der Waals surface area contributed by atoms with E-state index in [-0.39, 0.29) is 17.9 Å². The Hall–Kier alpha value is -2.93. The van der Waals surface area contributed by atoms with Gasteiger partial charge in [0.05, 0.1) is 19.7 Å². The van der Waals surface area contributed by atoms with E-state index >= 15 is 0 Å². The zero-order chi connectivity index (χ0) is 22.3. The molecule has 0 radical (unpaired) electrons. The summed E-state index contributed by atoms with van der Waals surface area (Å²) in [6.45, 7) is 3.83. The Labute approximate surface area is 190 Å². The van der Waals surface area contributed by atoms with Gasteiger partial charge in [0.1, 0.15) is 11.4 Å². The highest BCUT2D eigenvalue weighted by atomic mass is 16.5. The van der Waals surface area contributed by atoms with Crippen molar-refractivity contribution in [1.29, 1.82) is 0 Å². The second kappa shape index (κ2) is 10.6. The van der Waals surface area contributed by atoms with Gasteiger partial charge in [-0.05, 0) is 42.7 Å². The predicted octanol–water partition coefficient (Wildman–Crippen LogP) is 2.99. The second-order valence-electron chi connectivity index (χ2n) is 8.51. The lowest BCUT2D eigenvalue weighted by Crippen LogP contribution is -2.52. The van der Waals surface area contributed by atoms with Crippen LogP contribution in [0.3, 0.4) is 0 Å². The Morgan fingerprint density at radius 2 is 1.75 bits per heavy atom. The summed E-state index contributed by atoms with van der Waals surface area (Å²) in [7, 11) is 1.67. The zero-order valence-electron chi connectivity index (χ0n) is 18.8. The average molecular weight is 437 g/mol. The molecule has 1 aromatic carbocycles. The molecule has 1 unspecified atom stereocenters. The number of benzene rings is 1. The van der Waals surface area contributed by atoms with Gasteiger partial charge >= 0.3 is 0 Å². The lowest BCUT2D eigenvalue weighted by Gasteiger charge is -2.37. The quantitative estimate of drug-likeness (QED) is 0.721. The first kappa shape index (κ1) is 22.3. The molecule has 0 saturated carbocycles. The molecule has 1 atom stereocenters. The van der Waals surface area contributed by atoms with Gasteiger partial charge in [-0.1, -0.05) is 31.0 Å². The lowest BCUT2D eigenvalue weighted by atomic mass is 10.0. The number of nitrogens with zero attached hydrogens (tertiary/aromatic N) is 4. The maximum atomic E-state index is 13.3. The highest BCUT2D eigenvalue weighted by Crippen LogP contribution is 2.31. The number of amides is 2. The molecule has 0 N–H and O–H groups in total. The van der Waals surface area contributed by atoms with Gasteiger partial charge in [0, 0.05) is 38.9 Å². The molecule has 2 aliphatic heterocycles. The van der Waals surface area contributed by atoms with Crippen LogP contribution in [0.25, 0.3) is 0 Å². The van der Waals surface area contributed by atoms with Crippen LogP contribution in [0.1, 0.15) is 47.8 Å². The Morgan fingerprint density at radius 3 is 2.44 bits per heavy atom. The fourth-order valence-corrected chi connectivity index (χ4v) is 4.62. The smallest absolute Gasteiger partial charge is 0.272 e. The van der Waals surface area contributed by atoms with E-state index in [1.165, 1.54) is 5.56 Å². The number of pyridine rings is 1. The molecule has 7 nitrogen and oxygen atoms in total. The summed E-state index contributed by atoms with van der Waals surface area (Å²) >= 11 is 0. The monoisotopic (exact) mass is 436 g/mol. The molecule has 2 saturated heterocycles. The third-order valence-corrected chi connectivity index (χ3v) is 6.48. The highest BCUT2D eigenvalue weighted by Gasteiger charge is 2.29. The molecule has 2 fully saturated rings. The van der Waals surface area contributed by atoms with E-state index in [9.17, 15) is 9.59 Å². The summed E-state index contributed by atoms with van der Waals surface area (Å²) in [6.07, 6.45) is 5.97. The number of ether oxygens (including phenoxy) is 1. The molecule has 0 bridgehead atoms. The number of carbonyl (C=O) groups is 2. The fourth-order valence-electron chi connectivity index (χ4n) is 4.62. The minimum absolute atomic E-state index is 0.0383. The van der Waals surface area contributed by atoms with E-state index in [4.69, 9.17) is 4.74 Å². The standard InChI is InChI=1S/C25H32N4O3/c1-32-21-11-9-20(10-12-21)23-8-3-2-6-14-29(23)24(30)19-27-15-17-28(18-16-27)25(31)22-7-4-5-13-26-22/h4-5,7,9-13,23H,2-3,6,8,14-19H2,1H3. The molecule has 170 valence electrons. The van der Waals surface area contributed by atoms with Crippen LogP contribution in [-0.4, -0.2) is 77.9 Å². The van der Waals surface area contributed by atoms with Gasteiger partial charge in [0.15, 0.2) is 0 Å². The van der Waals surface area contributed by atoms with Crippen molar-refractivity contribution in [3.8, 4) is 5.75 Å². The summed E-state index contributed by atoms with van der Waals surface area (Å²) in [5, 5.41) is 0. The number of hydrogen-bond donors (Lipinski definition) is 0. The van der Waals surface area contributed by atoms with Gasteiger partial charge in [-0.2, -0.15) is 0 Å². The van der Waals surface area contributed by atoms with E-state index in [0.29, 0.717) is 38.4 Å². The van der Waals surface area contributed by atoms with E-state index in [2.05, 4.69) is 26.9 Å². The number of rotatable bonds is 5. The van der Waals surface area contributed by atoms with Crippen LogP contribution >= 0.6 is 0 Å². The van der Waals surface area contributed by atoms with Gasteiger partial charge in [-0.25, -0.2) is 0 Å². The van der Waals surface area contributed by atoms with Gasteiger partial charge in [-0.15, -0.1) is 0 Å². The molecular weight excluding hydrogens is 404 g/mol. The average Bonchev–Trinajstić information content (AvgIpc) is 3.11. The first-order valence-corrected chi connectivity index (χ1v) is 11.5. The van der Waals surface area contributed by atoms with Gasteiger partial charge in [0.25, 0.3) is 5.91 Å². The normalized spacial score (nSPS) is 20.0. The summed E-state index contributed by atoms with van der Waals surface area (Å²) in [5.41, 5.74) is 1.65. The largest absolute Gasteiger partial charge is 0.497 e. The molecule has 32 heavy (non-hydrogen) atoms. The van der Waals surface area contributed by atoms with Gasteiger partial charge < -0.3 is 14.5 Å². The summed E-state index contributed by atoms with van der Waals surface area (Å²) in [6, 6.07) is 13.6. The Kier molecular flexibility index (Phi) is 7.37. The van der Waals surface area contributed by atoms with Crippen LogP contribution in [0.2, 0.25) is 0 Å². The zero-order valence-corrected chi connectivity index (χ0v) is 18.8. The summed E-state index contributed by atoms with van der Waals surface area (Å²) < 4.78 is 5.29. The van der Waals surface area contributed by atoms with Crippen LogP contribution in [0.15, 0.2) is 48.7 Å². The van der Waals surface area contributed by atoms with Crippen molar-refractivity contribution in [2.45, 2.75) is 31.7 Å². The van der Waals surface area contributed by atoms with Crippen molar-refractivity contribution in [2.24, 2.45) is 0 Å². The van der Waals surface area contributed by atoms with Crippen LogP contribution in [0, 0.1) is 0 Å². The van der Waals surface area contributed by atoms with Crippen LogP contribution in [0.5, 0.6) is 5.75 Å². The lowest BCUT2D eigenvalue weighted by molar-refractivity contribution is -0.135. The van der Waals surface area contributed by atoms with Gasteiger partial charge in [-0.3, -0.25) is 19.5 Å². The maximum absolute atomic E-state index is 13.3. The molecule has 2 aliphatic rings. The molecular formula is C25H32N4O3. The number of aromatic nitrogens is 1. The van der Waals surface area contributed by atoms with Crippen LogP contribution < -0.4 is 4.74 Å². The predicted molar refractivity (Wildman–Crippen MR) is 122 cm³/mol. The number of carbonyl (C=O) groups excluding carboxylic acids is 2. The van der Waals surface area contributed by atoms with E-state index < -0.39 is 0 Å². The molecule has 1 aromatic heterocycles. The minimum atomic E-state index is -0.0383. The third-order valence-electron chi connectivity index (χ3n) is 6.48. The first-order valence-electron chi connectivity index (χ1n) is 11.5. The Balaban J connectivity index is 1.36. The molecule has 0 spiro atoms. The molecule has 4 rings (SSSR count). The number of methoxy groups -OCH3 is 1. The van der Waals surface area contributed by atoms with Crippen molar-refractivity contribution >= 4 is 11.8 Å².